The summed E-state index contributed by atoms with van der Waals surface area (Å²) in [7, 11) is 1.70. The molecule has 0 aliphatic carbocycles. The third-order valence-electron chi connectivity index (χ3n) is 9.06. The summed E-state index contributed by atoms with van der Waals surface area (Å²) in [6.07, 6.45) is 6.06. The van der Waals surface area contributed by atoms with Crippen LogP contribution in [0.15, 0.2) is 94.5 Å². The number of nitrogen functional groups attached to an aromatic ring is 1. The standard InChI is InChI=1S/C38H42N6O5.3ClH/c1-5-44-31-11-10-29(23-32(31)41(4)36(46)38(2,3)37(44)47)48-21-7-17-42(25-26-12-15-40-16-13-26)19-20-43-18-14-33-30(35(43)45)24-34(49-33)27-8-6-9-28(39)22-27;;;/h6,8-16,18,22-24H,5,7,17,19-21,25,39H2,1-4H3;3*1H. The van der Waals surface area contributed by atoms with Crippen LogP contribution in [0.4, 0.5) is 17.1 Å². The van der Waals surface area contributed by atoms with Crippen LogP contribution in [-0.2, 0) is 22.7 Å². The molecule has 52 heavy (non-hydrogen) atoms. The number of ether oxygens (including phenoxy) is 1. The van der Waals surface area contributed by atoms with Gasteiger partial charge in [-0.05, 0) is 81.3 Å². The number of benzene rings is 2. The van der Waals surface area contributed by atoms with Crippen LogP contribution in [-0.4, -0.2) is 59.6 Å². The molecule has 0 atom stereocenters. The van der Waals surface area contributed by atoms with Gasteiger partial charge in [0.25, 0.3) is 5.56 Å². The van der Waals surface area contributed by atoms with Gasteiger partial charge in [0.15, 0.2) is 0 Å². The van der Waals surface area contributed by atoms with Crippen LogP contribution < -0.4 is 25.8 Å². The van der Waals surface area contributed by atoms with Gasteiger partial charge in [0.2, 0.25) is 11.8 Å². The normalized spacial score (nSPS) is 13.6. The highest BCUT2D eigenvalue weighted by molar-refractivity contribution is 6.20. The number of hydrogen-bond acceptors (Lipinski definition) is 8. The fourth-order valence-electron chi connectivity index (χ4n) is 6.30. The summed E-state index contributed by atoms with van der Waals surface area (Å²) >= 11 is 0. The summed E-state index contributed by atoms with van der Waals surface area (Å²) in [5.74, 6) is 0.749. The maximum absolute atomic E-state index is 13.5. The van der Waals surface area contributed by atoms with Gasteiger partial charge in [-0.25, -0.2) is 0 Å². The lowest BCUT2D eigenvalue weighted by Crippen LogP contribution is -2.47. The molecule has 1 aliphatic heterocycles. The van der Waals surface area contributed by atoms with Gasteiger partial charge in [-0.15, -0.1) is 37.2 Å². The van der Waals surface area contributed by atoms with Crippen molar-refractivity contribution >= 4 is 77.1 Å². The lowest BCUT2D eigenvalue weighted by Gasteiger charge is -2.27. The zero-order chi connectivity index (χ0) is 34.7. The molecule has 3 aromatic heterocycles. The molecule has 4 heterocycles. The van der Waals surface area contributed by atoms with Crippen LogP contribution in [0.25, 0.3) is 22.3 Å². The quantitative estimate of drug-likeness (QED) is 0.0832. The minimum Gasteiger partial charge on any atom is -0.493 e. The largest absolute Gasteiger partial charge is 0.493 e. The summed E-state index contributed by atoms with van der Waals surface area (Å²) in [5.41, 5.74) is 9.11. The van der Waals surface area contributed by atoms with E-state index in [1.807, 2.05) is 67.6 Å². The first kappa shape index (κ1) is 41.9. The van der Waals surface area contributed by atoms with E-state index < -0.39 is 5.41 Å². The molecule has 5 aromatic rings. The predicted molar refractivity (Wildman–Crippen MR) is 213 cm³/mol. The Labute approximate surface area is 322 Å². The van der Waals surface area contributed by atoms with Crippen molar-refractivity contribution in [2.45, 2.75) is 40.3 Å². The maximum atomic E-state index is 13.5. The molecular weight excluding hydrogens is 727 g/mol. The van der Waals surface area contributed by atoms with Gasteiger partial charge in [0.1, 0.15) is 22.5 Å². The summed E-state index contributed by atoms with van der Waals surface area (Å²) in [4.78, 5) is 49.5. The highest BCUT2D eigenvalue weighted by atomic mass is 35.5. The number of halogens is 3. The van der Waals surface area contributed by atoms with Gasteiger partial charge < -0.3 is 29.3 Å². The first-order valence-corrected chi connectivity index (χ1v) is 16.5. The molecule has 0 radical (unpaired) electrons. The van der Waals surface area contributed by atoms with Crippen LogP contribution >= 0.6 is 37.2 Å². The first-order valence-electron chi connectivity index (χ1n) is 16.5. The number of amides is 2. The molecule has 11 nitrogen and oxygen atoms in total. The van der Waals surface area contributed by atoms with Crippen LogP contribution in [0.2, 0.25) is 0 Å². The van der Waals surface area contributed by atoms with Crippen molar-refractivity contribution in [1.29, 1.82) is 0 Å². The van der Waals surface area contributed by atoms with E-state index >= 15 is 0 Å². The topological polar surface area (TPSA) is 127 Å². The number of anilines is 3. The van der Waals surface area contributed by atoms with Crippen molar-refractivity contribution in [3.05, 3.63) is 101 Å². The molecule has 2 amide bonds. The average Bonchev–Trinajstić information content (AvgIpc) is 3.54. The van der Waals surface area contributed by atoms with Gasteiger partial charge in [0.05, 0.1) is 23.4 Å². The lowest BCUT2D eigenvalue weighted by molar-refractivity contribution is -0.137. The fourth-order valence-corrected chi connectivity index (χ4v) is 6.30. The second kappa shape index (κ2) is 17.8. The Hall–Kier alpha value is -4.55. The molecular formula is C38H45Cl3N6O5. The second-order valence-electron chi connectivity index (χ2n) is 12.9. The van der Waals surface area contributed by atoms with Gasteiger partial charge in [-0.3, -0.25) is 24.3 Å². The fraction of sp³-hybridized carbons (Fsp3) is 0.316. The van der Waals surface area contributed by atoms with Gasteiger partial charge in [-0.2, -0.15) is 0 Å². The minimum atomic E-state index is -1.17. The maximum Gasteiger partial charge on any atom is 0.261 e. The minimum absolute atomic E-state index is 0. The zero-order valence-corrected chi connectivity index (χ0v) is 32.1. The van der Waals surface area contributed by atoms with E-state index in [0.717, 1.165) is 24.1 Å². The van der Waals surface area contributed by atoms with Gasteiger partial charge in [-0.1, -0.05) is 12.1 Å². The van der Waals surface area contributed by atoms with Crippen LogP contribution in [0.3, 0.4) is 0 Å². The van der Waals surface area contributed by atoms with E-state index in [-0.39, 0.29) is 54.6 Å². The number of nitrogens with zero attached hydrogens (tertiary/aromatic N) is 5. The van der Waals surface area contributed by atoms with Crippen molar-refractivity contribution in [2.24, 2.45) is 5.41 Å². The summed E-state index contributed by atoms with van der Waals surface area (Å²) < 4.78 is 13.9. The van der Waals surface area contributed by atoms with E-state index in [0.29, 0.717) is 72.3 Å². The molecule has 6 rings (SSSR count). The van der Waals surface area contributed by atoms with E-state index in [1.165, 1.54) is 0 Å². The summed E-state index contributed by atoms with van der Waals surface area (Å²) in [5, 5.41) is 0.525. The number of carbonyl (C=O) groups excluding carboxylic acids is 2. The van der Waals surface area contributed by atoms with E-state index in [9.17, 15) is 14.4 Å². The smallest absolute Gasteiger partial charge is 0.261 e. The number of nitrogens with two attached hydrogens (primary N) is 1. The van der Waals surface area contributed by atoms with Crippen LogP contribution in [0.5, 0.6) is 5.75 Å². The van der Waals surface area contributed by atoms with E-state index in [2.05, 4.69) is 9.88 Å². The monoisotopic (exact) mass is 770 g/mol. The Balaban J connectivity index is 0.00000243. The average molecular weight is 772 g/mol. The second-order valence-corrected chi connectivity index (χ2v) is 12.9. The SMILES string of the molecule is CCN1C(=O)C(C)(C)C(=O)N(C)c2cc(OCCCN(CCn3ccc4oc(-c5cccc(N)c5)cc4c3=O)Cc3ccncc3)ccc21.Cl.Cl.Cl. The Morgan fingerprint density at radius 2 is 1.65 bits per heavy atom. The molecule has 0 unspecified atom stereocenters. The molecule has 0 saturated carbocycles. The Kier molecular flexibility index (Phi) is 14.3. The van der Waals surface area contributed by atoms with Gasteiger partial charge in [0, 0.05) is 75.7 Å². The molecule has 0 fully saturated rings. The van der Waals surface area contributed by atoms with Crippen LogP contribution in [0.1, 0.15) is 32.8 Å². The number of rotatable bonds is 12. The number of pyridine rings is 2. The number of carbonyl (C=O) groups is 2. The Bertz CT molecular complexity index is 2050. The van der Waals surface area contributed by atoms with Crippen molar-refractivity contribution in [1.82, 2.24) is 14.5 Å². The Morgan fingerprint density at radius 1 is 0.904 bits per heavy atom. The van der Waals surface area contributed by atoms with E-state index in [1.54, 1.807) is 59.9 Å². The molecule has 0 bridgehead atoms. The van der Waals surface area contributed by atoms with Crippen molar-refractivity contribution in [3.63, 3.8) is 0 Å². The van der Waals surface area contributed by atoms with Crippen LogP contribution in [0, 0.1) is 5.41 Å². The highest BCUT2D eigenvalue weighted by Gasteiger charge is 2.45. The zero-order valence-electron chi connectivity index (χ0n) is 29.6. The molecule has 0 saturated heterocycles. The number of furan rings is 1. The predicted octanol–water partition coefficient (Wildman–Crippen LogP) is 6.83. The molecule has 14 heteroatoms. The molecule has 2 aromatic carbocycles. The highest BCUT2D eigenvalue weighted by Crippen LogP contribution is 2.40. The summed E-state index contributed by atoms with van der Waals surface area (Å²) in [6.45, 7) is 8.68. The first-order chi connectivity index (χ1) is 23.6. The van der Waals surface area contributed by atoms with Gasteiger partial charge >= 0.3 is 0 Å². The number of aromatic nitrogens is 2. The number of hydrogen-bond donors (Lipinski definition) is 1. The molecule has 0 spiro atoms. The molecule has 1 aliphatic rings. The lowest BCUT2D eigenvalue weighted by atomic mass is 9.90. The van der Waals surface area contributed by atoms with E-state index in [4.69, 9.17) is 14.9 Å². The third-order valence-corrected chi connectivity index (χ3v) is 9.06. The third kappa shape index (κ3) is 8.73. The Morgan fingerprint density at radius 3 is 2.37 bits per heavy atom. The van der Waals surface area contributed by atoms with Crippen molar-refractivity contribution < 1.29 is 18.7 Å². The molecule has 278 valence electrons. The number of fused-ring (bicyclic) bond motifs is 2. The summed E-state index contributed by atoms with van der Waals surface area (Å²) in [6, 6.07) is 20.5. The van der Waals surface area contributed by atoms with Crippen molar-refractivity contribution in [3.8, 4) is 17.1 Å². The van der Waals surface area contributed by atoms with Crippen molar-refractivity contribution in [2.75, 3.05) is 48.8 Å². The molecule has 2 N–H and O–H groups in total.